The van der Waals surface area contributed by atoms with Gasteiger partial charge in [-0.2, -0.15) is 0 Å². The van der Waals surface area contributed by atoms with E-state index in [0.29, 0.717) is 6.04 Å². The highest BCUT2D eigenvalue weighted by Gasteiger charge is 2.14. The van der Waals surface area contributed by atoms with Crippen LogP contribution in [-0.2, 0) is 6.42 Å². The van der Waals surface area contributed by atoms with Gasteiger partial charge in [-0.1, -0.05) is 0 Å². The summed E-state index contributed by atoms with van der Waals surface area (Å²) in [5.41, 5.74) is 2.76. The molecule has 2 nitrogen and oxygen atoms in total. The van der Waals surface area contributed by atoms with Crippen molar-refractivity contribution in [3.63, 3.8) is 0 Å². The largest absolute Gasteiger partial charge is 0.314 e. The normalized spacial score (nSPS) is 22.1. The number of nitrogens with zero attached hydrogens (tertiary/aromatic N) is 1. The molecule has 2 heteroatoms. The van der Waals surface area contributed by atoms with Gasteiger partial charge in [-0.05, 0) is 49.9 Å². The Balaban J connectivity index is 2.04. The molecule has 70 valence electrons. The predicted octanol–water partition coefficient (Wildman–Crippen LogP) is 1.68. The summed E-state index contributed by atoms with van der Waals surface area (Å²) in [6.45, 7) is 3.33. The summed E-state index contributed by atoms with van der Waals surface area (Å²) in [4.78, 5) is 4.10. The molecular weight excluding hydrogens is 160 g/mol. The standard InChI is InChI=1S/C11H16N2/c1-9-8-12-6-4-10(9)7-11-3-2-5-13-11/h4,6,8,11,13H,2-3,5,7H2,1H3. The Morgan fingerprint density at radius 2 is 2.54 bits per heavy atom. The first-order chi connectivity index (χ1) is 6.36. The van der Waals surface area contributed by atoms with Gasteiger partial charge in [0.1, 0.15) is 0 Å². The Morgan fingerprint density at radius 3 is 3.23 bits per heavy atom. The minimum Gasteiger partial charge on any atom is -0.314 e. The first-order valence-electron chi connectivity index (χ1n) is 4.99. The van der Waals surface area contributed by atoms with Gasteiger partial charge in [0.25, 0.3) is 0 Å². The van der Waals surface area contributed by atoms with E-state index in [0.717, 1.165) is 6.42 Å². The van der Waals surface area contributed by atoms with E-state index >= 15 is 0 Å². The first kappa shape index (κ1) is 8.70. The van der Waals surface area contributed by atoms with Gasteiger partial charge in [-0.25, -0.2) is 0 Å². The summed E-state index contributed by atoms with van der Waals surface area (Å²) in [5, 5.41) is 3.51. The molecule has 1 atom stereocenters. The first-order valence-corrected chi connectivity index (χ1v) is 4.99. The van der Waals surface area contributed by atoms with Crippen molar-refractivity contribution in [3.05, 3.63) is 29.6 Å². The molecule has 0 spiro atoms. The fraction of sp³-hybridized carbons (Fsp3) is 0.545. The third-order valence-electron chi connectivity index (χ3n) is 2.77. The molecule has 1 fully saturated rings. The average Bonchev–Trinajstić information content (AvgIpc) is 2.61. The molecule has 1 aliphatic rings. The number of nitrogens with one attached hydrogen (secondary N) is 1. The smallest absolute Gasteiger partial charge is 0.0299 e. The number of aryl methyl sites for hydroxylation is 1. The molecule has 0 saturated carbocycles. The van der Waals surface area contributed by atoms with Crippen molar-refractivity contribution in [2.24, 2.45) is 0 Å². The Morgan fingerprint density at radius 1 is 1.62 bits per heavy atom. The number of rotatable bonds is 2. The number of aromatic nitrogens is 1. The summed E-state index contributed by atoms with van der Waals surface area (Å²) in [6.07, 6.45) is 7.65. The molecule has 1 saturated heterocycles. The van der Waals surface area contributed by atoms with Crippen molar-refractivity contribution in [1.29, 1.82) is 0 Å². The highest BCUT2D eigenvalue weighted by atomic mass is 14.9. The van der Waals surface area contributed by atoms with Gasteiger partial charge in [0, 0.05) is 18.4 Å². The zero-order valence-electron chi connectivity index (χ0n) is 8.09. The van der Waals surface area contributed by atoms with Crippen molar-refractivity contribution in [2.75, 3.05) is 6.54 Å². The maximum atomic E-state index is 4.10. The van der Waals surface area contributed by atoms with E-state index in [2.05, 4.69) is 23.3 Å². The average molecular weight is 176 g/mol. The lowest BCUT2D eigenvalue weighted by molar-refractivity contribution is 0.601. The third-order valence-corrected chi connectivity index (χ3v) is 2.77. The van der Waals surface area contributed by atoms with E-state index < -0.39 is 0 Å². The van der Waals surface area contributed by atoms with Crippen LogP contribution in [0.3, 0.4) is 0 Å². The van der Waals surface area contributed by atoms with Gasteiger partial charge < -0.3 is 5.32 Å². The zero-order chi connectivity index (χ0) is 9.10. The fourth-order valence-corrected chi connectivity index (χ4v) is 1.93. The number of pyridine rings is 1. The summed E-state index contributed by atoms with van der Waals surface area (Å²) in [6, 6.07) is 2.83. The molecule has 2 heterocycles. The molecule has 1 aliphatic heterocycles. The lowest BCUT2D eigenvalue weighted by Gasteiger charge is -2.11. The van der Waals surface area contributed by atoms with Crippen molar-refractivity contribution >= 4 is 0 Å². The predicted molar refractivity (Wildman–Crippen MR) is 53.7 cm³/mol. The van der Waals surface area contributed by atoms with Crippen molar-refractivity contribution in [2.45, 2.75) is 32.2 Å². The molecule has 1 unspecified atom stereocenters. The Kier molecular flexibility index (Phi) is 2.60. The molecule has 13 heavy (non-hydrogen) atoms. The van der Waals surface area contributed by atoms with Crippen molar-refractivity contribution < 1.29 is 0 Å². The molecule has 0 amide bonds. The van der Waals surface area contributed by atoms with Gasteiger partial charge in [0.05, 0.1) is 0 Å². The highest BCUT2D eigenvalue weighted by molar-refractivity contribution is 5.22. The van der Waals surface area contributed by atoms with E-state index in [1.807, 2.05) is 12.4 Å². The van der Waals surface area contributed by atoms with Gasteiger partial charge >= 0.3 is 0 Å². The molecular formula is C11H16N2. The third kappa shape index (κ3) is 2.07. The Labute approximate surface area is 79.4 Å². The zero-order valence-corrected chi connectivity index (χ0v) is 8.09. The van der Waals surface area contributed by atoms with Gasteiger partial charge in [0.2, 0.25) is 0 Å². The molecule has 0 bridgehead atoms. The van der Waals surface area contributed by atoms with Gasteiger partial charge in [-0.3, -0.25) is 4.98 Å². The Hall–Kier alpha value is -0.890. The van der Waals surface area contributed by atoms with E-state index in [1.165, 1.54) is 30.5 Å². The quantitative estimate of drug-likeness (QED) is 0.741. The maximum absolute atomic E-state index is 4.10. The van der Waals surface area contributed by atoms with Crippen LogP contribution in [0.4, 0.5) is 0 Å². The molecule has 1 aromatic heterocycles. The van der Waals surface area contributed by atoms with Crippen LogP contribution in [0.2, 0.25) is 0 Å². The summed E-state index contributed by atoms with van der Waals surface area (Å²) in [7, 11) is 0. The van der Waals surface area contributed by atoms with Crippen LogP contribution in [0, 0.1) is 6.92 Å². The molecule has 0 aliphatic carbocycles. The van der Waals surface area contributed by atoms with Crippen molar-refractivity contribution in [3.8, 4) is 0 Å². The van der Waals surface area contributed by atoms with E-state index in [9.17, 15) is 0 Å². The van der Waals surface area contributed by atoms with E-state index in [4.69, 9.17) is 0 Å². The summed E-state index contributed by atoms with van der Waals surface area (Å²) in [5.74, 6) is 0. The lowest BCUT2D eigenvalue weighted by atomic mass is 10.0. The van der Waals surface area contributed by atoms with Crippen LogP contribution < -0.4 is 5.32 Å². The minimum atomic E-state index is 0.695. The van der Waals surface area contributed by atoms with Gasteiger partial charge in [0.15, 0.2) is 0 Å². The van der Waals surface area contributed by atoms with Crippen LogP contribution in [-0.4, -0.2) is 17.6 Å². The molecule has 1 aromatic rings. The second kappa shape index (κ2) is 3.88. The van der Waals surface area contributed by atoms with Crippen LogP contribution in [0.25, 0.3) is 0 Å². The second-order valence-corrected chi connectivity index (χ2v) is 3.80. The minimum absolute atomic E-state index is 0.695. The lowest BCUT2D eigenvalue weighted by Crippen LogP contribution is -2.23. The highest BCUT2D eigenvalue weighted by Crippen LogP contribution is 2.13. The van der Waals surface area contributed by atoms with Crippen LogP contribution in [0.1, 0.15) is 24.0 Å². The van der Waals surface area contributed by atoms with E-state index in [-0.39, 0.29) is 0 Å². The molecule has 2 rings (SSSR count). The maximum Gasteiger partial charge on any atom is 0.0299 e. The second-order valence-electron chi connectivity index (χ2n) is 3.80. The number of hydrogen-bond acceptors (Lipinski definition) is 2. The Bertz CT molecular complexity index is 277. The van der Waals surface area contributed by atoms with E-state index in [1.54, 1.807) is 0 Å². The van der Waals surface area contributed by atoms with Crippen LogP contribution in [0.15, 0.2) is 18.5 Å². The summed E-state index contributed by atoms with van der Waals surface area (Å²) < 4.78 is 0. The summed E-state index contributed by atoms with van der Waals surface area (Å²) >= 11 is 0. The van der Waals surface area contributed by atoms with Gasteiger partial charge in [-0.15, -0.1) is 0 Å². The fourth-order valence-electron chi connectivity index (χ4n) is 1.93. The monoisotopic (exact) mass is 176 g/mol. The molecule has 1 N–H and O–H groups in total. The van der Waals surface area contributed by atoms with Crippen LogP contribution in [0.5, 0.6) is 0 Å². The topological polar surface area (TPSA) is 24.9 Å². The van der Waals surface area contributed by atoms with Crippen molar-refractivity contribution in [1.82, 2.24) is 10.3 Å². The molecule has 0 aromatic carbocycles. The SMILES string of the molecule is Cc1cnccc1CC1CCCN1. The number of hydrogen-bond donors (Lipinski definition) is 1. The molecule has 0 radical (unpaired) electrons. The van der Waals surface area contributed by atoms with Crippen LogP contribution >= 0.6 is 0 Å².